The van der Waals surface area contributed by atoms with Gasteiger partial charge in [-0.25, -0.2) is 0 Å². The molecule has 4 nitrogen and oxygen atoms in total. The van der Waals surface area contributed by atoms with Crippen LogP contribution >= 0.6 is 0 Å². The second-order valence-electron chi connectivity index (χ2n) is 7.38. The van der Waals surface area contributed by atoms with Crippen molar-refractivity contribution in [2.24, 2.45) is 0 Å². The predicted octanol–water partition coefficient (Wildman–Crippen LogP) is 2.75. The van der Waals surface area contributed by atoms with Crippen molar-refractivity contribution in [3.05, 3.63) is 0 Å². The minimum Gasteiger partial charge on any atom is -0.379 e. The molecule has 0 spiro atoms. The van der Waals surface area contributed by atoms with E-state index >= 15 is 0 Å². The first-order valence-electron chi connectivity index (χ1n) is 7.75. The molecule has 120 valence electrons. The smallest absolute Gasteiger partial charge is 0.0813 e. The highest BCUT2D eigenvalue weighted by molar-refractivity contribution is 4.79. The first-order chi connectivity index (χ1) is 9.22. The quantitative estimate of drug-likeness (QED) is 0.697. The molecule has 1 fully saturated rings. The van der Waals surface area contributed by atoms with E-state index < -0.39 is 0 Å². The standard InChI is InChI=1S/C16H33NO3/c1-15(2,3)17-11-13-7-8-14(20-13)12-19-10-9-16(4,5)18-6/h13-14,17H,7-12H2,1-6H3. The van der Waals surface area contributed by atoms with Crippen molar-refractivity contribution in [3.63, 3.8) is 0 Å². The molecule has 20 heavy (non-hydrogen) atoms. The highest BCUT2D eigenvalue weighted by Crippen LogP contribution is 2.20. The molecule has 1 aliphatic heterocycles. The lowest BCUT2D eigenvalue weighted by Crippen LogP contribution is -2.41. The van der Waals surface area contributed by atoms with Gasteiger partial charge in [-0.1, -0.05) is 0 Å². The van der Waals surface area contributed by atoms with Gasteiger partial charge in [-0.3, -0.25) is 0 Å². The lowest BCUT2D eigenvalue weighted by molar-refractivity contribution is -0.0407. The topological polar surface area (TPSA) is 39.7 Å². The van der Waals surface area contributed by atoms with Gasteiger partial charge in [0.25, 0.3) is 0 Å². The van der Waals surface area contributed by atoms with Crippen molar-refractivity contribution in [2.75, 3.05) is 26.9 Å². The summed E-state index contributed by atoms with van der Waals surface area (Å²) in [6, 6.07) is 0. The molecule has 1 N–H and O–H groups in total. The van der Waals surface area contributed by atoms with Crippen molar-refractivity contribution < 1.29 is 14.2 Å². The lowest BCUT2D eigenvalue weighted by atomic mass is 10.1. The molecule has 2 unspecified atom stereocenters. The largest absolute Gasteiger partial charge is 0.379 e. The van der Waals surface area contributed by atoms with Crippen LogP contribution in [0.4, 0.5) is 0 Å². The summed E-state index contributed by atoms with van der Waals surface area (Å²) in [4.78, 5) is 0. The van der Waals surface area contributed by atoms with E-state index in [0.717, 1.165) is 32.4 Å². The van der Waals surface area contributed by atoms with Gasteiger partial charge < -0.3 is 19.5 Å². The van der Waals surface area contributed by atoms with Gasteiger partial charge in [0, 0.05) is 25.8 Å². The van der Waals surface area contributed by atoms with Gasteiger partial charge in [0.2, 0.25) is 0 Å². The zero-order valence-corrected chi connectivity index (χ0v) is 14.1. The molecule has 1 saturated heterocycles. The van der Waals surface area contributed by atoms with Gasteiger partial charge in [0.05, 0.1) is 24.4 Å². The zero-order valence-electron chi connectivity index (χ0n) is 14.1. The van der Waals surface area contributed by atoms with Crippen LogP contribution in [0.3, 0.4) is 0 Å². The molecule has 0 aromatic rings. The Hall–Kier alpha value is -0.160. The highest BCUT2D eigenvalue weighted by atomic mass is 16.5. The maximum absolute atomic E-state index is 6.00. The van der Waals surface area contributed by atoms with Crippen LogP contribution in [0.15, 0.2) is 0 Å². The first-order valence-corrected chi connectivity index (χ1v) is 7.75. The van der Waals surface area contributed by atoms with Crippen LogP contribution in [0.2, 0.25) is 0 Å². The first kappa shape index (κ1) is 17.9. The highest BCUT2D eigenvalue weighted by Gasteiger charge is 2.26. The maximum atomic E-state index is 6.00. The summed E-state index contributed by atoms with van der Waals surface area (Å²) >= 11 is 0. The number of rotatable bonds is 8. The zero-order chi connectivity index (χ0) is 15.2. The second kappa shape index (κ2) is 7.74. The van der Waals surface area contributed by atoms with Gasteiger partial charge in [-0.05, 0) is 53.9 Å². The Morgan fingerprint density at radius 3 is 2.35 bits per heavy atom. The SMILES string of the molecule is COC(C)(C)CCOCC1CCC(CNC(C)(C)C)O1. The van der Waals surface area contributed by atoms with Crippen molar-refractivity contribution in [3.8, 4) is 0 Å². The Labute approximate surface area is 124 Å². The Kier molecular flexibility index (Phi) is 6.92. The van der Waals surface area contributed by atoms with Crippen molar-refractivity contribution in [2.45, 2.75) is 77.2 Å². The molecular formula is C16H33NO3. The summed E-state index contributed by atoms with van der Waals surface area (Å²) in [6.07, 6.45) is 3.72. The van der Waals surface area contributed by atoms with E-state index in [1.807, 2.05) is 0 Å². The third-order valence-corrected chi connectivity index (χ3v) is 3.76. The van der Waals surface area contributed by atoms with E-state index in [2.05, 4.69) is 39.9 Å². The van der Waals surface area contributed by atoms with Crippen LogP contribution in [0.25, 0.3) is 0 Å². The van der Waals surface area contributed by atoms with Gasteiger partial charge in [-0.2, -0.15) is 0 Å². The molecule has 0 aromatic carbocycles. The summed E-state index contributed by atoms with van der Waals surface area (Å²) in [6.45, 7) is 13.1. The van der Waals surface area contributed by atoms with E-state index in [-0.39, 0.29) is 17.2 Å². The molecule has 1 aliphatic rings. The van der Waals surface area contributed by atoms with E-state index in [9.17, 15) is 0 Å². The van der Waals surface area contributed by atoms with Crippen LogP contribution in [0.5, 0.6) is 0 Å². The van der Waals surface area contributed by atoms with E-state index in [4.69, 9.17) is 14.2 Å². The van der Waals surface area contributed by atoms with Crippen LogP contribution in [-0.4, -0.2) is 50.2 Å². The Bertz CT molecular complexity index is 273. The summed E-state index contributed by atoms with van der Waals surface area (Å²) in [5.74, 6) is 0. The number of hydrogen-bond donors (Lipinski definition) is 1. The number of ether oxygens (including phenoxy) is 3. The fourth-order valence-electron chi connectivity index (χ4n) is 2.11. The van der Waals surface area contributed by atoms with Gasteiger partial charge >= 0.3 is 0 Å². The predicted molar refractivity (Wildman–Crippen MR) is 82.2 cm³/mol. The van der Waals surface area contributed by atoms with E-state index in [1.54, 1.807) is 7.11 Å². The van der Waals surface area contributed by atoms with Crippen LogP contribution in [0.1, 0.15) is 53.9 Å². The molecule has 0 bridgehead atoms. The molecule has 0 aromatic heterocycles. The summed E-state index contributed by atoms with van der Waals surface area (Å²) in [7, 11) is 1.74. The fraction of sp³-hybridized carbons (Fsp3) is 1.00. The third kappa shape index (κ3) is 7.58. The minimum absolute atomic E-state index is 0.101. The number of hydrogen-bond acceptors (Lipinski definition) is 4. The van der Waals surface area contributed by atoms with Crippen LogP contribution in [-0.2, 0) is 14.2 Å². The number of nitrogens with one attached hydrogen (secondary N) is 1. The lowest BCUT2D eigenvalue weighted by Gasteiger charge is -2.24. The van der Waals surface area contributed by atoms with E-state index in [1.165, 1.54) is 0 Å². The monoisotopic (exact) mass is 287 g/mol. The molecule has 4 heteroatoms. The van der Waals surface area contributed by atoms with Crippen LogP contribution < -0.4 is 5.32 Å². The molecule has 0 amide bonds. The Balaban J connectivity index is 2.10. The second-order valence-corrected chi connectivity index (χ2v) is 7.38. The van der Waals surface area contributed by atoms with Gasteiger partial charge in [-0.15, -0.1) is 0 Å². The summed E-state index contributed by atoms with van der Waals surface area (Å²) in [5, 5.41) is 3.50. The average molecular weight is 287 g/mol. The molecule has 2 atom stereocenters. The van der Waals surface area contributed by atoms with Crippen molar-refractivity contribution >= 4 is 0 Å². The molecule has 1 rings (SSSR count). The van der Waals surface area contributed by atoms with Crippen LogP contribution in [0, 0.1) is 0 Å². The van der Waals surface area contributed by atoms with Crippen molar-refractivity contribution in [1.29, 1.82) is 0 Å². The average Bonchev–Trinajstić information content (AvgIpc) is 2.79. The Morgan fingerprint density at radius 2 is 1.75 bits per heavy atom. The molecule has 1 heterocycles. The third-order valence-electron chi connectivity index (χ3n) is 3.76. The summed E-state index contributed by atoms with van der Waals surface area (Å²) in [5.41, 5.74) is 0.0549. The normalized spacial score (nSPS) is 24.3. The van der Waals surface area contributed by atoms with Gasteiger partial charge in [0.15, 0.2) is 0 Å². The van der Waals surface area contributed by atoms with E-state index in [0.29, 0.717) is 12.7 Å². The Morgan fingerprint density at radius 1 is 1.10 bits per heavy atom. The molecule has 0 radical (unpaired) electrons. The fourth-order valence-corrected chi connectivity index (χ4v) is 2.11. The summed E-state index contributed by atoms with van der Waals surface area (Å²) < 4.78 is 17.1. The van der Waals surface area contributed by atoms with Gasteiger partial charge in [0.1, 0.15) is 0 Å². The molecule has 0 aliphatic carbocycles. The van der Waals surface area contributed by atoms with Crippen molar-refractivity contribution in [1.82, 2.24) is 5.32 Å². The minimum atomic E-state index is -0.101. The maximum Gasteiger partial charge on any atom is 0.0813 e. The molecule has 0 saturated carbocycles. The number of methoxy groups -OCH3 is 1. The molecular weight excluding hydrogens is 254 g/mol.